The molecule has 0 aromatic carbocycles. The minimum Gasteiger partial charge on any atom is -0.309 e. The number of aromatic nitrogens is 2. The van der Waals surface area contributed by atoms with Gasteiger partial charge >= 0.3 is 0 Å². The van der Waals surface area contributed by atoms with E-state index in [4.69, 9.17) is 0 Å². The molecule has 0 aliphatic carbocycles. The predicted molar refractivity (Wildman–Crippen MR) is 76.6 cm³/mol. The van der Waals surface area contributed by atoms with E-state index in [9.17, 15) is 0 Å². The quantitative estimate of drug-likeness (QED) is 0.803. The van der Waals surface area contributed by atoms with Gasteiger partial charge in [-0.1, -0.05) is 13.8 Å². The lowest BCUT2D eigenvalue weighted by atomic mass is 10.0. The number of nitrogens with zero attached hydrogens (tertiary/aromatic N) is 3. The van der Waals surface area contributed by atoms with Crippen molar-refractivity contribution >= 4 is 0 Å². The first kappa shape index (κ1) is 15.2. The van der Waals surface area contributed by atoms with Crippen LogP contribution in [0.4, 0.5) is 0 Å². The van der Waals surface area contributed by atoms with Crippen molar-refractivity contribution in [3.8, 4) is 0 Å². The molecule has 0 aliphatic heterocycles. The Labute approximate surface area is 111 Å². The molecule has 0 spiro atoms. The molecule has 1 heterocycles. The van der Waals surface area contributed by atoms with E-state index in [0.717, 1.165) is 24.7 Å². The van der Waals surface area contributed by atoms with Crippen LogP contribution >= 0.6 is 0 Å². The lowest BCUT2D eigenvalue weighted by Crippen LogP contribution is -2.38. The minimum absolute atomic E-state index is 0.541. The zero-order valence-electron chi connectivity index (χ0n) is 12.7. The molecule has 0 bridgehead atoms. The monoisotopic (exact) mass is 252 g/mol. The molecule has 0 amide bonds. The van der Waals surface area contributed by atoms with Gasteiger partial charge in [-0.2, -0.15) is 5.10 Å². The number of likely N-dealkylation sites (N-methyl/N-ethyl adjacent to an activating group) is 1. The fraction of sp³-hybridized carbons (Fsp3) is 0.786. The van der Waals surface area contributed by atoms with Gasteiger partial charge in [0.15, 0.2) is 0 Å². The number of hydrogen-bond donors (Lipinski definition) is 1. The molecule has 18 heavy (non-hydrogen) atoms. The van der Waals surface area contributed by atoms with Gasteiger partial charge in [0.05, 0.1) is 5.69 Å². The molecule has 0 saturated heterocycles. The van der Waals surface area contributed by atoms with Gasteiger partial charge in [-0.3, -0.25) is 4.68 Å². The highest BCUT2D eigenvalue weighted by Gasteiger charge is 2.12. The lowest BCUT2D eigenvalue weighted by Gasteiger charge is -2.24. The van der Waals surface area contributed by atoms with Crippen molar-refractivity contribution < 1.29 is 0 Å². The van der Waals surface area contributed by atoms with Crippen molar-refractivity contribution in [1.82, 2.24) is 20.0 Å². The summed E-state index contributed by atoms with van der Waals surface area (Å²) in [4.78, 5) is 2.25. The molecule has 1 aromatic heterocycles. The normalized spacial score (nSPS) is 13.6. The van der Waals surface area contributed by atoms with E-state index in [-0.39, 0.29) is 0 Å². The standard InChI is InChI=1S/C14H28N4/c1-11(2)7-14(10-17(4)5)15-8-13-9-18(6)16-12(13)3/h9,11,14-15H,7-8,10H2,1-6H3. The average Bonchev–Trinajstić information content (AvgIpc) is 2.52. The molecule has 0 aliphatic rings. The van der Waals surface area contributed by atoms with Crippen molar-refractivity contribution in [3.05, 3.63) is 17.5 Å². The Kier molecular flexibility index (Phi) is 5.82. The predicted octanol–water partition coefficient (Wildman–Crippen LogP) is 1.79. The maximum Gasteiger partial charge on any atom is 0.0638 e. The van der Waals surface area contributed by atoms with Crippen molar-refractivity contribution in [2.24, 2.45) is 13.0 Å². The Morgan fingerprint density at radius 1 is 1.39 bits per heavy atom. The Morgan fingerprint density at radius 2 is 2.06 bits per heavy atom. The van der Waals surface area contributed by atoms with Gasteiger partial charge in [-0.15, -0.1) is 0 Å². The topological polar surface area (TPSA) is 33.1 Å². The summed E-state index contributed by atoms with van der Waals surface area (Å²) in [7, 11) is 6.23. The second kappa shape index (κ2) is 6.90. The maximum atomic E-state index is 4.38. The average molecular weight is 252 g/mol. The summed E-state index contributed by atoms with van der Waals surface area (Å²) < 4.78 is 1.88. The smallest absolute Gasteiger partial charge is 0.0638 e. The summed E-state index contributed by atoms with van der Waals surface area (Å²) in [6.07, 6.45) is 3.31. The first-order valence-corrected chi connectivity index (χ1v) is 6.75. The first-order chi connectivity index (χ1) is 8.38. The van der Waals surface area contributed by atoms with E-state index in [1.165, 1.54) is 12.0 Å². The van der Waals surface area contributed by atoms with E-state index >= 15 is 0 Å². The third kappa shape index (κ3) is 5.19. The summed E-state index contributed by atoms with van der Waals surface area (Å²) in [5.74, 6) is 0.720. The van der Waals surface area contributed by atoms with Crippen LogP contribution in [0.2, 0.25) is 0 Å². The van der Waals surface area contributed by atoms with Crippen molar-refractivity contribution in [3.63, 3.8) is 0 Å². The van der Waals surface area contributed by atoms with Crippen LogP contribution in [0.5, 0.6) is 0 Å². The Morgan fingerprint density at radius 3 is 2.50 bits per heavy atom. The third-order valence-corrected chi connectivity index (χ3v) is 3.04. The maximum absolute atomic E-state index is 4.38. The van der Waals surface area contributed by atoms with Gasteiger partial charge in [-0.05, 0) is 33.4 Å². The van der Waals surface area contributed by atoms with Gasteiger partial charge < -0.3 is 10.2 Å². The Bertz CT molecular complexity index is 345. The van der Waals surface area contributed by atoms with Crippen LogP contribution in [0.25, 0.3) is 0 Å². The van der Waals surface area contributed by atoms with Crippen LogP contribution in [-0.4, -0.2) is 41.4 Å². The molecule has 104 valence electrons. The highest BCUT2D eigenvalue weighted by molar-refractivity contribution is 5.14. The van der Waals surface area contributed by atoms with Gasteiger partial charge in [0.2, 0.25) is 0 Å². The molecular formula is C14H28N4. The zero-order valence-corrected chi connectivity index (χ0v) is 12.7. The van der Waals surface area contributed by atoms with E-state index in [2.05, 4.69) is 56.4 Å². The van der Waals surface area contributed by atoms with Crippen LogP contribution < -0.4 is 5.32 Å². The van der Waals surface area contributed by atoms with Crippen molar-refractivity contribution in [1.29, 1.82) is 0 Å². The number of hydrogen-bond acceptors (Lipinski definition) is 3. The van der Waals surface area contributed by atoms with Crippen LogP contribution in [0, 0.1) is 12.8 Å². The van der Waals surface area contributed by atoms with Gasteiger partial charge in [-0.25, -0.2) is 0 Å². The molecule has 0 fully saturated rings. The Balaban J connectivity index is 2.52. The lowest BCUT2D eigenvalue weighted by molar-refractivity contribution is 0.305. The highest BCUT2D eigenvalue weighted by Crippen LogP contribution is 2.09. The fourth-order valence-electron chi connectivity index (χ4n) is 2.31. The minimum atomic E-state index is 0.541. The number of aryl methyl sites for hydroxylation is 2. The molecule has 1 rings (SSSR count). The zero-order chi connectivity index (χ0) is 13.7. The third-order valence-electron chi connectivity index (χ3n) is 3.04. The first-order valence-electron chi connectivity index (χ1n) is 6.75. The summed E-state index contributed by atoms with van der Waals surface area (Å²) in [5.41, 5.74) is 2.42. The van der Waals surface area contributed by atoms with Crippen LogP contribution in [0.15, 0.2) is 6.20 Å². The highest BCUT2D eigenvalue weighted by atomic mass is 15.3. The summed E-state index contributed by atoms with van der Waals surface area (Å²) in [6, 6.07) is 0.541. The van der Waals surface area contributed by atoms with Gasteiger partial charge in [0.1, 0.15) is 0 Å². The van der Waals surface area contributed by atoms with Crippen molar-refractivity contribution in [2.45, 2.75) is 39.8 Å². The number of nitrogens with one attached hydrogen (secondary N) is 1. The molecule has 1 atom stereocenters. The molecule has 0 radical (unpaired) electrons. The molecule has 4 heteroatoms. The fourth-order valence-corrected chi connectivity index (χ4v) is 2.31. The second-order valence-corrected chi connectivity index (χ2v) is 5.88. The second-order valence-electron chi connectivity index (χ2n) is 5.88. The SMILES string of the molecule is Cc1nn(C)cc1CNC(CC(C)C)CN(C)C. The molecule has 0 saturated carbocycles. The number of rotatable bonds is 7. The van der Waals surface area contributed by atoms with Crippen LogP contribution in [0.1, 0.15) is 31.5 Å². The van der Waals surface area contributed by atoms with E-state index < -0.39 is 0 Å². The summed E-state index contributed by atoms with van der Waals surface area (Å²) >= 11 is 0. The molecule has 4 nitrogen and oxygen atoms in total. The largest absolute Gasteiger partial charge is 0.309 e. The van der Waals surface area contributed by atoms with Gasteiger partial charge in [0, 0.05) is 37.9 Å². The van der Waals surface area contributed by atoms with Crippen LogP contribution in [0.3, 0.4) is 0 Å². The van der Waals surface area contributed by atoms with Crippen LogP contribution in [-0.2, 0) is 13.6 Å². The summed E-state index contributed by atoms with van der Waals surface area (Å²) in [6.45, 7) is 8.61. The molecule has 1 N–H and O–H groups in total. The van der Waals surface area contributed by atoms with Crippen molar-refractivity contribution in [2.75, 3.05) is 20.6 Å². The molecule has 1 unspecified atom stereocenters. The van der Waals surface area contributed by atoms with Gasteiger partial charge in [0.25, 0.3) is 0 Å². The molecular weight excluding hydrogens is 224 g/mol. The van der Waals surface area contributed by atoms with E-state index in [1.54, 1.807) is 0 Å². The van der Waals surface area contributed by atoms with E-state index in [1.807, 2.05) is 11.7 Å². The Hall–Kier alpha value is -0.870. The summed E-state index contributed by atoms with van der Waals surface area (Å²) in [5, 5.41) is 8.04. The molecule has 1 aromatic rings. The van der Waals surface area contributed by atoms with E-state index in [0.29, 0.717) is 6.04 Å².